The van der Waals surface area contributed by atoms with Gasteiger partial charge in [0.1, 0.15) is 16.5 Å². The van der Waals surface area contributed by atoms with Gasteiger partial charge in [0.25, 0.3) is 0 Å². The fourth-order valence-electron chi connectivity index (χ4n) is 2.00. The Morgan fingerprint density at radius 1 is 1.10 bits per heavy atom. The van der Waals surface area contributed by atoms with E-state index in [0.717, 1.165) is 10.5 Å². The van der Waals surface area contributed by atoms with Crippen LogP contribution in [0.4, 0.5) is 4.39 Å². The third kappa shape index (κ3) is 2.78. The highest BCUT2D eigenvalue weighted by atomic mass is 79.9. The first kappa shape index (κ1) is 14.8. The summed E-state index contributed by atoms with van der Waals surface area (Å²) in [6.07, 6.45) is 2.01. The average Bonchev–Trinajstić information content (AvgIpc) is 2.50. The highest BCUT2D eigenvalue weighted by molar-refractivity contribution is 9.10. The zero-order valence-electron chi connectivity index (χ0n) is 10.9. The third-order valence-corrected chi connectivity index (χ3v) is 4.73. The van der Waals surface area contributed by atoms with E-state index in [1.54, 1.807) is 17.8 Å². The van der Waals surface area contributed by atoms with E-state index in [1.165, 1.54) is 6.07 Å². The molecule has 3 rings (SSSR count). The molecule has 0 unspecified atom stereocenters. The van der Waals surface area contributed by atoms with Crippen LogP contribution in [0.2, 0.25) is 5.15 Å². The summed E-state index contributed by atoms with van der Waals surface area (Å²) in [6.45, 7) is 0. The number of benzene rings is 2. The third-order valence-electron chi connectivity index (χ3n) is 3.05. The van der Waals surface area contributed by atoms with Gasteiger partial charge in [0, 0.05) is 14.9 Å². The van der Waals surface area contributed by atoms with E-state index in [-0.39, 0.29) is 10.7 Å². The van der Waals surface area contributed by atoms with Gasteiger partial charge in [-0.3, -0.25) is 0 Å². The summed E-state index contributed by atoms with van der Waals surface area (Å²) < 4.78 is 14.7. The maximum absolute atomic E-state index is 14.0. The van der Waals surface area contributed by atoms with Crippen molar-refractivity contribution in [1.29, 1.82) is 0 Å². The Bertz CT molecular complexity index is 824. The molecule has 0 bridgehead atoms. The molecule has 2 aromatic carbocycles. The zero-order chi connectivity index (χ0) is 15.0. The molecular formula is C15H9BrClFN2S. The van der Waals surface area contributed by atoms with E-state index >= 15 is 0 Å². The minimum atomic E-state index is -0.417. The largest absolute Gasteiger partial charge is 0.225 e. The Labute approximate surface area is 138 Å². The second-order valence-electron chi connectivity index (χ2n) is 4.32. The lowest BCUT2D eigenvalue weighted by molar-refractivity contribution is 0.636. The molecule has 0 atom stereocenters. The molecule has 0 aliphatic heterocycles. The van der Waals surface area contributed by atoms with Gasteiger partial charge in [-0.2, -0.15) is 0 Å². The predicted octanol–water partition coefficient (Wildman–Crippen LogP) is 5.57. The lowest BCUT2D eigenvalue weighted by Crippen LogP contribution is -1.95. The fourth-order valence-corrected chi connectivity index (χ4v) is 3.30. The molecule has 0 saturated heterocycles. The normalized spacial score (nSPS) is 11.0. The molecule has 0 aliphatic carbocycles. The topological polar surface area (TPSA) is 25.8 Å². The zero-order valence-corrected chi connectivity index (χ0v) is 14.1. The molecule has 6 heteroatoms. The van der Waals surface area contributed by atoms with Crippen molar-refractivity contribution in [3.05, 3.63) is 51.8 Å². The highest BCUT2D eigenvalue weighted by Crippen LogP contribution is 2.32. The van der Waals surface area contributed by atoms with E-state index in [2.05, 4.69) is 25.9 Å². The summed E-state index contributed by atoms with van der Waals surface area (Å²) in [5.74, 6) is -0.00311. The van der Waals surface area contributed by atoms with Gasteiger partial charge in [0.05, 0.1) is 5.39 Å². The van der Waals surface area contributed by atoms with Crippen LogP contribution in [-0.2, 0) is 0 Å². The van der Waals surface area contributed by atoms with Crippen LogP contribution < -0.4 is 0 Å². The van der Waals surface area contributed by atoms with Crippen molar-refractivity contribution in [1.82, 2.24) is 9.97 Å². The quantitative estimate of drug-likeness (QED) is 0.427. The SMILES string of the molecule is CSc1ccc(-c2nc(Cl)c3c(Br)ccc(F)c3n2)cc1. The van der Waals surface area contributed by atoms with E-state index in [0.29, 0.717) is 15.7 Å². The van der Waals surface area contributed by atoms with Gasteiger partial charge in [-0.25, -0.2) is 14.4 Å². The van der Waals surface area contributed by atoms with Crippen LogP contribution in [0, 0.1) is 5.82 Å². The minimum Gasteiger partial charge on any atom is -0.225 e. The first-order chi connectivity index (χ1) is 10.1. The molecule has 0 radical (unpaired) electrons. The van der Waals surface area contributed by atoms with E-state index < -0.39 is 5.82 Å². The molecule has 0 spiro atoms. The predicted molar refractivity (Wildman–Crippen MR) is 89.4 cm³/mol. The van der Waals surface area contributed by atoms with Crippen LogP contribution in [0.25, 0.3) is 22.3 Å². The number of rotatable bonds is 2. The van der Waals surface area contributed by atoms with E-state index in [4.69, 9.17) is 11.6 Å². The van der Waals surface area contributed by atoms with Crippen LogP contribution in [-0.4, -0.2) is 16.2 Å². The monoisotopic (exact) mass is 382 g/mol. The van der Waals surface area contributed by atoms with E-state index in [1.807, 2.05) is 30.5 Å². The Balaban J connectivity index is 2.22. The van der Waals surface area contributed by atoms with Gasteiger partial charge < -0.3 is 0 Å². The molecule has 3 aromatic rings. The molecule has 1 heterocycles. The van der Waals surface area contributed by atoms with Crippen LogP contribution >= 0.6 is 39.3 Å². The van der Waals surface area contributed by atoms with Crippen molar-refractivity contribution >= 4 is 50.2 Å². The van der Waals surface area contributed by atoms with Gasteiger partial charge >= 0.3 is 0 Å². The fraction of sp³-hybridized carbons (Fsp3) is 0.0667. The number of fused-ring (bicyclic) bond motifs is 1. The van der Waals surface area contributed by atoms with Crippen molar-refractivity contribution in [3.63, 3.8) is 0 Å². The van der Waals surface area contributed by atoms with Gasteiger partial charge in [0.2, 0.25) is 0 Å². The Morgan fingerprint density at radius 2 is 1.81 bits per heavy atom. The molecule has 0 saturated carbocycles. The first-order valence-corrected chi connectivity index (χ1v) is 8.45. The van der Waals surface area contributed by atoms with Crippen molar-refractivity contribution in [3.8, 4) is 11.4 Å². The maximum atomic E-state index is 14.0. The lowest BCUT2D eigenvalue weighted by Gasteiger charge is -2.07. The number of thioether (sulfide) groups is 1. The van der Waals surface area contributed by atoms with Crippen molar-refractivity contribution in [2.75, 3.05) is 6.26 Å². The summed E-state index contributed by atoms with van der Waals surface area (Å²) in [7, 11) is 0. The molecule has 0 N–H and O–H groups in total. The summed E-state index contributed by atoms with van der Waals surface area (Å²) in [5.41, 5.74) is 1.02. The summed E-state index contributed by atoms with van der Waals surface area (Å²) in [4.78, 5) is 9.73. The first-order valence-electron chi connectivity index (χ1n) is 6.06. The number of hydrogen-bond donors (Lipinski definition) is 0. The van der Waals surface area contributed by atoms with Gasteiger partial charge in [-0.1, -0.05) is 23.7 Å². The number of aromatic nitrogens is 2. The number of halogens is 3. The second-order valence-corrected chi connectivity index (χ2v) is 6.41. The molecule has 21 heavy (non-hydrogen) atoms. The molecule has 0 aliphatic rings. The van der Waals surface area contributed by atoms with E-state index in [9.17, 15) is 4.39 Å². The highest BCUT2D eigenvalue weighted by Gasteiger charge is 2.14. The van der Waals surface area contributed by atoms with Gasteiger partial charge in [0.15, 0.2) is 5.82 Å². The maximum Gasteiger partial charge on any atom is 0.161 e. The van der Waals surface area contributed by atoms with Crippen LogP contribution in [0.15, 0.2) is 45.8 Å². The van der Waals surface area contributed by atoms with Gasteiger partial charge in [-0.05, 0) is 46.5 Å². The summed E-state index contributed by atoms with van der Waals surface area (Å²) >= 11 is 11.2. The Morgan fingerprint density at radius 3 is 2.48 bits per heavy atom. The van der Waals surface area contributed by atoms with Crippen molar-refractivity contribution in [2.45, 2.75) is 4.90 Å². The van der Waals surface area contributed by atoms with Crippen molar-refractivity contribution < 1.29 is 4.39 Å². The molecular weight excluding hydrogens is 375 g/mol. The molecule has 106 valence electrons. The van der Waals surface area contributed by atoms with Crippen LogP contribution in [0.5, 0.6) is 0 Å². The minimum absolute atomic E-state index is 0.216. The Kier molecular flexibility index (Phi) is 4.15. The Hall–Kier alpha value is -1.17. The molecule has 0 fully saturated rings. The number of nitrogens with zero attached hydrogens (tertiary/aromatic N) is 2. The van der Waals surface area contributed by atoms with Crippen LogP contribution in [0.3, 0.4) is 0 Å². The smallest absolute Gasteiger partial charge is 0.161 e. The standard InChI is InChI=1S/C15H9BrClFN2S/c1-21-9-4-2-8(3-5-9)15-19-13-11(18)7-6-10(16)12(13)14(17)20-15/h2-7H,1H3. The number of hydrogen-bond acceptors (Lipinski definition) is 3. The van der Waals surface area contributed by atoms with Crippen LogP contribution in [0.1, 0.15) is 0 Å². The summed E-state index contributed by atoms with van der Waals surface area (Å²) in [5, 5.41) is 0.719. The molecule has 1 aromatic heterocycles. The molecule has 0 amide bonds. The lowest BCUT2D eigenvalue weighted by atomic mass is 10.2. The van der Waals surface area contributed by atoms with Crippen molar-refractivity contribution in [2.24, 2.45) is 0 Å². The average molecular weight is 384 g/mol. The summed E-state index contributed by atoms with van der Waals surface area (Å²) in [6, 6.07) is 10.7. The molecule has 2 nitrogen and oxygen atoms in total. The van der Waals surface area contributed by atoms with Gasteiger partial charge in [-0.15, -0.1) is 11.8 Å². The second kappa shape index (κ2) is 5.91.